The van der Waals surface area contributed by atoms with Gasteiger partial charge in [0.15, 0.2) is 17.7 Å². The summed E-state index contributed by atoms with van der Waals surface area (Å²) in [5, 5.41) is 29.6. The molecule has 0 amide bonds. The number of nitrogens with two attached hydrogens (primary N) is 2. The molecule has 0 aromatic carbocycles. The number of rotatable bonds is 6. The Labute approximate surface area is 148 Å². The van der Waals surface area contributed by atoms with Crippen molar-refractivity contribution in [2.45, 2.75) is 30.6 Å². The van der Waals surface area contributed by atoms with Crippen LogP contribution >= 0.6 is 0 Å². The summed E-state index contributed by atoms with van der Waals surface area (Å²) in [6, 6.07) is -1.06. The minimum Gasteiger partial charge on any atom is -0.480 e. The third-order valence-corrected chi connectivity index (χ3v) is 4.32. The maximum absolute atomic E-state index is 10.8. The van der Waals surface area contributed by atoms with Crippen LogP contribution in [0, 0.1) is 0 Å². The molecule has 7 N–H and O–H groups in total. The van der Waals surface area contributed by atoms with E-state index in [0.29, 0.717) is 11.2 Å². The summed E-state index contributed by atoms with van der Waals surface area (Å²) in [6.45, 7) is 0.250. The molecular weight excluding hydrogens is 346 g/mol. The van der Waals surface area contributed by atoms with Crippen molar-refractivity contribution in [2.75, 3.05) is 25.9 Å². The highest BCUT2D eigenvalue weighted by Crippen LogP contribution is 2.32. The molecule has 0 saturated carbocycles. The predicted molar refractivity (Wildman–Crippen MR) is 88.8 cm³/mol. The van der Waals surface area contributed by atoms with E-state index in [4.69, 9.17) is 21.3 Å². The second kappa shape index (κ2) is 7.09. The van der Waals surface area contributed by atoms with E-state index in [1.165, 1.54) is 17.2 Å². The summed E-state index contributed by atoms with van der Waals surface area (Å²) >= 11 is 0. The quantitative estimate of drug-likeness (QED) is 0.359. The van der Waals surface area contributed by atoms with Crippen molar-refractivity contribution >= 4 is 23.0 Å². The minimum absolute atomic E-state index is 0.0699. The van der Waals surface area contributed by atoms with Crippen LogP contribution in [0.4, 0.5) is 5.82 Å². The number of nitrogens with zero attached hydrogens (tertiary/aromatic N) is 5. The smallest absolute Gasteiger partial charge is 0.321 e. The highest BCUT2D eigenvalue weighted by atomic mass is 16.6. The van der Waals surface area contributed by atoms with Crippen LogP contribution in [0.2, 0.25) is 0 Å². The van der Waals surface area contributed by atoms with Gasteiger partial charge in [-0.25, -0.2) is 15.0 Å². The van der Waals surface area contributed by atoms with Crippen molar-refractivity contribution in [1.82, 2.24) is 24.4 Å². The Hall–Kier alpha value is -2.38. The molecule has 142 valence electrons. The third-order valence-electron chi connectivity index (χ3n) is 4.32. The van der Waals surface area contributed by atoms with Crippen LogP contribution in [0.25, 0.3) is 11.2 Å². The number of aliphatic hydroxyl groups excluding tert-OH is 2. The third kappa shape index (κ3) is 3.32. The number of carboxylic acid groups (broad SMARTS) is 1. The van der Waals surface area contributed by atoms with Gasteiger partial charge in [0.05, 0.1) is 6.33 Å². The number of hydrogen-bond donors (Lipinski definition) is 5. The Kier molecular flexibility index (Phi) is 5.02. The molecule has 1 aliphatic rings. The highest BCUT2D eigenvalue weighted by molar-refractivity contribution is 5.81. The van der Waals surface area contributed by atoms with Gasteiger partial charge in [-0.15, -0.1) is 0 Å². The number of fused-ring (bicyclic) bond motifs is 1. The van der Waals surface area contributed by atoms with Crippen LogP contribution in [-0.2, 0) is 9.53 Å². The molecule has 26 heavy (non-hydrogen) atoms. The number of carbonyl (C=O) groups is 1. The molecule has 0 aliphatic carbocycles. The van der Waals surface area contributed by atoms with Gasteiger partial charge >= 0.3 is 5.97 Å². The van der Waals surface area contributed by atoms with Crippen molar-refractivity contribution in [2.24, 2.45) is 5.73 Å². The summed E-state index contributed by atoms with van der Waals surface area (Å²) < 4.78 is 7.26. The predicted octanol–water partition coefficient (Wildman–Crippen LogP) is -2.63. The summed E-state index contributed by atoms with van der Waals surface area (Å²) in [4.78, 5) is 24.5. The maximum Gasteiger partial charge on any atom is 0.321 e. The largest absolute Gasteiger partial charge is 0.480 e. The first kappa shape index (κ1) is 18.4. The first-order valence-electron chi connectivity index (χ1n) is 7.91. The van der Waals surface area contributed by atoms with Gasteiger partial charge in [-0.1, -0.05) is 0 Å². The topological polar surface area (TPSA) is 186 Å². The van der Waals surface area contributed by atoms with Crippen LogP contribution in [0.5, 0.6) is 0 Å². The van der Waals surface area contributed by atoms with Gasteiger partial charge in [0.25, 0.3) is 0 Å². The van der Waals surface area contributed by atoms with Crippen molar-refractivity contribution in [3.05, 3.63) is 12.7 Å². The van der Waals surface area contributed by atoms with E-state index in [1.54, 1.807) is 11.9 Å². The zero-order valence-electron chi connectivity index (χ0n) is 14.0. The number of aliphatic carboxylic acids is 1. The van der Waals surface area contributed by atoms with Crippen LogP contribution < -0.4 is 11.5 Å². The summed E-state index contributed by atoms with van der Waals surface area (Å²) in [5.41, 5.74) is 12.0. The summed E-state index contributed by atoms with van der Waals surface area (Å²) in [5.74, 6) is -0.925. The van der Waals surface area contributed by atoms with Gasteiger partial charge in [0.1, 0.15) is 36.2 Å². The molecule has 2 aromatic heterocycles. The van der Waals surface area contributed by atoms with E-state index in [0.717, 1.165) is 0 Å². The Morgan fingerprint density at radius 2 is 2.12 bits per heavy atom. The molecule has 1 aliphatic heterocycles. The lowest BCUT2D eigenvalue weighted by atomic mass is 10.1. The zero-order valence-corrected chi connectivity index (χ0v) is 14.0. The molecule has 3 heterocycles. The van der Waals surface area contributed by atoms with E-state index >= 15 is 0 Å². The van der Waals surface area contributed by atoms with Crippen LogP contribution in [0.3, 0.4) is 0 Å². The van der Waals surface area contributed by atoms with E-state index < -0.39 is 36.6 Å². The van der Waals surface area contributed by atoms with Crippen molar-refractivity contribution in [3.8, 4) is 0 Å². The van der Waals surface area contributed by atoms with Gasteiger partial charge in [-0.2, -0.15) is 0 Å². The van der Waals surface area contributed by atoms with Gasteiger partial charge in [-0.05, 0) is 7.05 Å². The number of aliphatic hydroxyl groups is 2. The molecule has 0 bridgehead atoms. The Balaban J connectivity index is 1.75. The molecule has 2 aromatic rings. The number of hydrogen-bond acceptors (Lipinski definition) is 10. The van der Waals surface area contributed by atoms with Crippen molar-refractivity contribution in [1.29, 1.82) is 0 Å². The first-order valence-corrected chi connectivity index (χ1v) is 7.91. The fourth-order valence-corrected chi connectivity index (χ4v) is 2.96. The van der Waals surface area contributed by atoms with Gasteiger partial charge in [0, 0.05) is 13.1 Å². The maximum atomic E-state index is 10.8. The summed E-state index contributed by atoms with van der Waals surface area (Å²) in [7, 11) is 1.65. The van der Waals surface area contributed by atoms with E-state index in [1.807, 2.05) is 0 Å². The van der Waals surface area contributed by atoms with Gasteiger partial charge in [-0.3, -0.25) is 9.36 Å². The molecule has 0 spiro atoms. The van der Waals surface area contributed by atoms with E-state index in [9.17, 15) is 15.0 Å². The fraction of sp³-hybridized carbons (Fsp3) is 0.571. The van der Waals surface area contributed by atoms with Crippen molar-refractivity contribution in [3.63, 3.8) is 0 Å². The minimum atomic E-state index is -1.23. The number of likely N-dealkylation sites (N-methyl/N-ethyl adjacent to an activating group) is 1. The Bertz CT molecular complexity index is 799. The van der Waals surface area contributed by atoms with Crippen LogP contribution in [0.15, 0.2) is 12.7 Å². The lowest BCUT2D eigenvalue weighted by molar-refractivity contribution is -0.139. The SMILES string of the molecule is CN(C[C@H](N)C(=O)O)C[C@H]1O[C@@H](n2cnc3c(N)ncnc32)[C@H](O)[C@@H]1O. The zero-order chi connectivity index (χ0) is 19.0. The first-order chi connectivity index (χ1) is 12.3. The average molecular weight is 367 g/mol. The highest BCUT2D eigenvalue weighted by Gasteiger charge is 2.44. The van der Waals surface area contributed by atoms with E-state index in [2.05, 4.69) is 15.0 Å². The lowest BCUT2D eigenvalue weighted by Crippen LogP contribution is -2.45. The van der Waals surface area contributed by atoms with Crippen LogP contribution in [-0.4, -0.2) is 90.2 Å². The van der Waals surface area contributed by atoms with Gasteiger partial charge < -0.3 is 36.4 Å². The number of aromatic nitrogens is 4. The fourth-order valence-electron chi connectivity index (χ4n) is 2.96. The second-order valence-electron chi connectivity index (χ2n) is 6.30. The molecule has 1 saturated heterocycles. The normalized spacial score (nSPS) is 27.3. The molecule has 12 nitrogen and oxygen atoms in total. The molecule has 3 rings (SSSR count). The average Bonchev–Trinajstić information content (AvgIpc) is 3.12. The van der Waals surface area contributed by atoms with Gasteiger partial charge in [0.2, 0.25) is 0 Å². The molecule has 12 heteroatoms. The number of imidazole rings is 1. The second-order valence-corrected chi connectivity index (χ2v) is 6.30. The standard InChI is InChI=1S/C14H21N7O5/c1-20(2-6(15)14(24)25)3-7-9(22)10(23)13(26-7)21-5-19-8-11(16)17-4-18-12(8)21/h4-7,9-10,13,22-23H,2-3,15H2,1H3,(H,24,25)(H2,16,17,18)/t6-,7+,9+,10+,13+/m0/s1. The Morgan fingerprint density at radius 1 is 1.38 bits per heavy atom. The van der Waals surface area contributed by atoms with Crippen LogP contribution in [0.1, 0.15) is 6.23 Å². The van der Waals surface area contributed by atoms with E-state index in [-0.39, 0.29) is 18.9 Å². The molecular formula is C14H21N7O5. The number of ether oxygens (including phenoxy) is 1. The number of nitrogen functional groups attached to an aromatic ring is 1. The lowest BCUT2D eigenvalue weighted by Gasteiger charge is -2.24. The molecule has 0 unspecified atom stereocenters. The molecule has 5 atom stereocenters. The van der Waals surface area contributed by atoms with Crippen molar-refractivity contribution < 1.29 is 24.9 Å². The number of anilines is 1. The molecule has 0 radical (unpaired) electrons. The molecule has 1 fully saturated rings. The monoisotopic (exact) mass is 367 g/mol. The number of carboxylic acids is 1. The Morgan fingerprint density at radius 3 is 2.81 bits per heavy atom. The summed E-state index contributed by atoms with van der Waals surface area (Å²) in [6.07, 6.45) is -1.40.